The molecule has 0 atom stereocenters. The lowest BCUT2D eigenvalue weighted by atomic mass is 10.3. The summed E-state index contributed by atoms with van der Waals surface area (Å²) in [5, 5.41) is -0.502. The monoisotopic (exact) mass is 285 g/mol. The number of para-hydroxylation sites is 1. The van der Waals surface area contributed by atoms with Crippen molar-refractivity contribution in [3.63, 3.8) is 0 Å². The van der Waals surface area contributed by atoms with Crippen LogP contribution in [0.25, 0.3) is 0 Å². The van der Waals surface area contributed by atoms with Crippen LogP contribution >= 0.6 is 11.3 Å². The summed E-state index contributed by atoms with van der Waals surface area (Å²) < 4.78 is 38.9. The standard InChI is InChI=1S/C12H12FNO2S2/c1-2-14(10-6-4-3-5-7-10)18(15,16)12-9-8-11(13)17-12/h3-9H,2H2,1H3. The van der Waals surface area contributed by atoms with Crippen LogP contribution < -0.4 is 4.31 Å². The summed E-state index contributed by atoms with van der Waals surface area (Å²) in [4.78, 5) is 0. The molecule has 2 rings (SSSR count). The van der Waals surface area contributed by atoms with Crippen LogP contribution in [0.1, 0.15) is 6.92 Å². The molecule has 0 aliphatic heterocycles. The fourth-order valence-electron chi connectivity index (χ4n) is 1.63. The third-order valence-corrected chi connectivity index (χ3v) is 5.67. The highest BCUT2D eigenvalue weighted by atomic mass is 32.2. The molecule has 1 aromatic heterocycles. The van der Waals surface area contributed by atoms with Crippen molar-refractivity contribution in [3.8, 4) is 0 Å². The second-order valence-electron chi connectivity index (χ2n) is 3.56. The van der Waals surface area contributed by atoms with Crippen LogP contribution in [0.3, 0.4) is 0 Å². The van der Waals surface area contributed by atoms with E-state index in [4.69, 9.17) is 0 Å². The number of rotatable bonds is 4. The number of hydrogen-bond acceptors (Lipinski definition) is 3. The molecule has 0 amide bonds. The number of anilines is 1. The first-order valence-electron chi connectivity index (χ1n) is 5.39. The average Bonchev–Trinajstić information content (AvgIpc) is 2.78. The molecule has 2 aromatic rings. The Hall–Kier alpha value is -1.40. The molecule has 0 saturated carbocycles. The normalized spacial score (nSPS) is 11.4. The van der Waals surface area contributed by atoms with Crippen LogP contribution in [-0.4, -0.2) is 15.0 Å². The van der Waals surface area contributed by atoms with E-state index in [0.29, 0.717) is 23.6 Å². The molecule has 0 unspecified atom stereocenters. The van der Waals surface area contributed by atoms with E-state index in [-0.39, 0.29) is 4.21 Å². The molecule has 1 heterocycles. The summed E-state index contributed by atoms with van der Waals surface area (Å²) in [5.41, 5.74) is 0.578. The molecule has 0 fully saturated rings. The number of halogens is 1. The smallest absolute Gasteiger partial charge is 0.266 e. The summed E-state index contributed by atoms with van der Waals surface area (Å²) in [6, 6.07) is 11.2. The zero-order chi connectivity index (χ0) is 13.2. The Kier molecular flexibility index (Phi) is 3.68. The number of benzene rings is 1. The highest BCUT2D eigenvalue weighted by Crippen LogP contribution is 2.27. The zero-order valence-corrected chi connectivity index (χ0v) is 11.3. The van der Waals surface area contributed by atoms with Gasteiger partial charge in [0.25, 0.3) is 10.0 Å². The van der Waals surface area contributed by atoms with Gasteiger partial charge in [0.2, 0.25) is 0 Å². The first kappa shape index (κ1) is 13.0. The van der Waals surface area contributed by atoms with Gasteiger partial charge >= 0.3 is 0 Å². The van der Waals surface area contributed by atoms with Crippen LogP contribution in [0.15, 0.2) is 46.7 Å². The minimum Gasteiger partial charge on any atom is -0.266 e. The van der Waals surface area contributed by atoms with Gasteiger partial charge in [-0.3, -0.25) is 4.31 Å². The molecular weight excluding hydrogens is 273 g/mol. The summed E-state index contributed by atoms with van der Waals surface area (Å²) in [7, 11) is -3.67. The topological polar surface area (TPSA) is 37.4 Å². The molecule has 0 aliphatic carbocycles. The van der Waals surface area contributed by atoms with Gasteiger partial charge in [-0.15, -0.1) is 0 Å². The van der Waals surface area contributed by atoms with Gasteiger partial charge in [0.15, 0.2) is 5.13 Å². The van der Waals surface area contributed by atoms with E-state index < -0.39 is 15.2 Å². The number of hydrogen-bond donors (Lipinski definition) is 0. The molecular formula is C12H12FNO2S2. The molecule has 0 aliphatic rings. The van der Waals surface area contributed by atoms with Crippen molar-refractivity contribution in [2.24, 2.45) is 0 Å². The van der Waals surface area contributed by atoms with Gasteiger partial charge < -0.3 is 0 Å². The van der Waals surface area contributed by atoms with Gasteiger partial charge in [-0.05, 0) is 31.2 Å². The second kappa shape index (κ2) is 5.07. The van der Waals surface area contributed by atoms with Crippen LogP contribution in [0.5, 0.6) is 0 Å². The van der Waals surface area contributed by atoms with Crippen molar-refractivity contribution < 1.29 is 12.8 Å². The SMILES string of the molecule is CCN(c1ccccc1)S(=O)(=O)c1ccc(F)s1. The fraction of sp³-hybridized carbons (Fsp3) is 0.167. The molecule has 3 nitrogen and oxygen atoms in total. The maximum absolute atomic E-state index is 13.0. The van der Waals surface area contributed by atoms with Crippen molar-refractivity contribution in [1.29, 1.82) is 0 Å². The van der Waals surface area contributed by atoms with E-state index >= 15 is 0 Å². The van der Waals surface area contributed by atoms with Gasteiger partial charge in [-0.1, -0.05) is 29.5 Å². The van der Waals surface area contributed by atoms with Crippen molar-refractivity contribution in [3.05, 3.63) is 47.6 Å². The van der Waals surface area contributed by atoms with Crippen LogP contribution in [0.4, 0.5) is 10.1 Å². The van der Waals surface area contributed by atoms with Crippen molar-refractivity contribution >= 4 is 27.0 Å². The van der Waals surface area contributed by atoms with E-state index in [9.17, 15) is 12.8 Å². The van der Waals surface area contributed by atoms with E-state index in [2.05, 4.69) is 0 Å². The highest BCUT2D eigenvalue weighted by Gasteiger charge is 2.25. The Labute approximate surface area is 110 Å². The minimum absolute atomic E-state index is 0.0192. The van der Waals surface area contributed by atoms with Crippen LogP contribution in [-0.2, 0) is 10.0 Å². The molecule has 18 heavy (non-hydrogen) atoms. The number of sulfonamides is 1. The van der Waals surface area contributed by atoms with E-state index in [1.54, 1.807) is 31.2 Å². The molecule has 0 bridgehead atoms. The Morgan fingerprint density at radius 3 is 2.33 bits per heavy atom. The predicted octanol–water partition coefficient (Wildman–Crippen LogP) is 3.10. The van der Waals surface area contributed by atoms with Gasteiger partial charge in [0.1, 0.15) is 4.21 Å². The molecule has 0 radical (unpaired) electrons. The second-order valence-corrected chi connectivity index (χ2v) is 6.69. The molecule has 96 valence electrons. The summed E-state index contributed by atoms with van der Waals surface area (Å²) in [6.45, 7) is 2.04. The van der Waals surface area contributed by atoms with Gasteiger partial charge in [-0.25, -0.2) is 8.42 Å². The lowest BCUT2D eigenvalue weighted by Crippen LogP contribution is -2.30. The first-order valence-corrected chi connectivity index (χ1v) is 7.64. The third-order valence-electron chi connectivity index (χ3n) is 2.42. The summed E-state index contributed by atoms with van der Waals surface area (Å²) in [5.74, 6) is 0. The molecule has 0 saturated heterocycles. The summed E-state index contributed by atoms with van der Waals surface area (Å²) in [6.07, 6.45) is 0. The van der Waals surface area contributed by atoms with Gasteiger partial charge in [0, 0.05) is 6.54 Å². The summed E-state index contributed by atoms with van der Waals surface area (Å²) >= 11 is 0.637. The van der Waals surface area contributed by atoms with Crippen LogP contribution in [0.2, 0.25) is 0 Å². The Morgan fingerprint density at radius 1 is 1.17 bits per heavy atom. The highest BCUT2D eigenvalue weighted by molar-refractivity contribution is 7.94. The molecule has 1 aromatic carbocycles. The largest absolute Gasteiger partial charge is 0.273 e. The average molecular weight is 285 g/mol. The maximum Gasteiger partial charge on any atom is 0.273 e. The minimum atomic E-state index is -3.67. The Morgan fingerprint density at radius 2 is 1.83 bits per heavy atom. The van der Waals surface area contributed by atoms with Crippen molar-refractivity contribution in [2.75, 3.05) is 10.8 Å². The van der Waals surface area contributed by atoms with Crippen molar-refractivity contribution in [2.45, 2.75) is 11.1 Å². The molecule has 0 spiro atoms. The fourth-order valence-corrected chi connectivity index (χ4v) is 4.22. The Bertz CT molecular complexity index is 623. The van der Waals surface area contributed by atoms with E-state index in [1.807, 2.05) is 6.07 Å². The molecule has 6 heteroatoms. The number of nitrogens with zero attached hydrogens (tertiary/aromatic N) is 1. The maximum atomic E-state index is 13.0. The van der Waals surface area contributed by atoms with E-state index in [0.717, 1.165) is 6.07 Å². The Balaban J connectivity index is 2.45. The predicted molar refractivity (Wildman–Crippen MR) is 70.9 cm³/mol. The lowest BCUT2D eigenvalue weighted by Gasteiger charge is -2.21. The third kappa shape index (κ3) is 2.39. The van der Waals surface area contributed by atoms with Crippen LogP contribution in [0, 0.1) is 5.13 Å². The lowest BCUT2D eigenvalue weighted by molar-refractivity contribution is 0.594. The van der Waals surface area contributed by atoms with Gasteiger partial charge in [-0.2, -0.15) is 4.39 Å². The first-order chi connectivity index (χ1) is 8.55. The molecule has 0 N–H and O–H groups in total. The van der Waals surface area contributed by atoms with Gasteiger partial charge in [0.05, 0.1) is 5.69 Å². The van der Waals surface area contributed by atoms with Crippen molar-refractivity contribution in [1.82, 2.24) is 0 Å². The number of thiophene rings is 1. The zero-order valence-electron chi connectivity index (χ0n) is 9.71. The van der Waals surface area contributed by atoms with E-state index in [1.165, 1.54) is 10.4 Å². The quantitative estimate of drug-likeness (QED) is 0.865.